The van der Waals surface area contributed by atoms with E-state index in [1.54, 1.807) is 0 Å². The average Bonchev–Trinajstić information content (AvgIpc) is 2.76. The van der Waals surface area contributed by atoms with Gasteiger partial charge in [0.15, 0.2) is 5.82 Å². The van der Waals surface area contributed by atoms with Gasteiger partial charge in [-0.05, 0) is 44.2 Å². The topological polar surface area (TPSA) is 58.1 Å². The second kappa shape index (κ2) is 4.47. The molecule has 2 fully saturated rings. The lowest BCUT2D eigenvalue weighted by atomic mass is 9.86. The number of nitrogens with one attached hydrogen (secondary N) is 1. The van der Waals surface area contributed by atoms with Gasteiger partial charge in [0.1, 0.15) is 0 Å². The molecule has 0 aliphatic carbocycles. The monoisotopic (exact) mass is 260 g/mol. The normalized spacial score (nSPS) is 21.8. The summed E-state index contributed by atoms with van der Waals surface area (Å²) in [6.45, 7) is 6.05. The van der Waals surface area contributed by atoms with E-state index in [0.717, 1.165) is 38.2 Å². The second-order valence-electron chi connectivity index (χ2n) is 5.79. The van der Waals surface area contributed by atoms with E-state index in [1.165, 1.54) is 11.1 Å². The predicted molar refractivity (Wildman–Crippen MR) is 73.1 cm³/mol. The SMILES string of the molecule is Cc1cnnc(N2CCC3(CCC(=O)N3)CC2)c1C. The summed E-state index contributed by atoms with van der Waals surface area (Å²) < 4.78 is 0. The second-order valence-corrected chi connectivity index (χ2v) is 5.79. The summed E-state index contributed by atoms with van der Waals surface area (Å²) in [6, 6.07) is 0. The highest BCUT2D eigenvalue weighted by Gasteiger charge is 2.40. The maximum atomic E-state index is 11.4. The zero-order valence-corrected chi connectivity index (χ0v) is 11.6. The first-order valence-corrected chi connectivity index (χ1v) is 6.94. The van der Waals surface area contributed by atoms with Crippen molar-refractivity contribution in [1.29, 1.82) is 0 Å². The van der Waals surface area contributed by atoms with Crippen molar-refractivity contribution < 1.29 is 4.79 Å². The zero-order valence-electron chi connectivity index (χ0n) is 11.6. The Morgan fingerprint density at radius 2 is 2.00 bits per heavy atom. The number of aryl methyl sites for hydroxylation is 1. The third kappa shape index (κ3) is 2.17. The van der Waals surface area contributed by atoms with E-state index in [4.69, 9.17) is 0 Å². The Morgan fingerprint density at radius 3 is 2.63 bits per heavy atom. The van der Waals surface area contributed by atoms with Gasteiger partial charge in [0, 0.05) is 25.0 Å². The van der Waals surface area contributed by atoms with E-state index in [1.807, 2.05) is 6.20 Å². The van der Waals surface area contributed by atoms with Crippen LogP contribution in [0.15, 0.2) is 6.20 Å². The minimum Gasteiger partial charge on any atom is -0.355 e. The molecule has 102 valence electrons. The highest BCUT2D eigenvalue weighted by Crippen LogP contribution is 2.33. The number of piperidine rings is 1. The minimum atomic E-state index is 0.0543. The zero-order chi connectivity index (χ0) is 13.5. The molecule has 0 aromatic carbocycles. The molecule has 1 amide bonds. The lowest BCUT2D eigenvalue weighted by molar-refractivity contribution is -0.119. The Balaban J connectivity index is 1.73. The number of anilines is 1. The molecule has 3 heterocycles. The van der Waals surface area contributed by atoms with Gasteiger partial charge in [-0.15, -0.1) is 5.10 Å². The van der Waals surface area contributed by atoms with Crippen LogP contribution in [0.25, 0.3) is 0 Å². The van der Waals surface area contributed by atoms with E-state index in [9.17, 15) is 4.79 Å². The van der Waals surface area contributed by atoms with Crippen LogP contribution in [0.5, 0.6) is 0 Å². The molecule has 2 aliphatic heterocycles. The number of rotatable bonds is 1. The predicted octanol–water partition coefficient (Wildman–Crippen LogP) is 1.34. The number of carbonyl (C=O) groups is 1. The standard InChI is InChI=1S/C14H20N4O/c1-10-9-15-17-13(11(10)2)18-7-5-14(6-8-18)4-3-12(19)16-14/h9H,3-8H2,1-2H3,(H,16,19). The van der Waals surface area contributed by atoms with Crippen molar-refractivity contribution in [2.75, 3.05) is 18.0 Å². The smallest absolute Gasteiger partial charge is 0.220 e. The first-order chi connectivity index (χ1) is 9.10. The molecule has 2 saturated heterocycles. The number of amides is 1. The van der Waals surface area contributed by atoms with Crippen molar-refractivity contribution >= 4 is 11.7 Å². The Morgan fingerprint density at radius 1 is 1.26 bits per heavy atom. The molecule has 0 unspecified atom stereocenters. The Bertz CT molecular complexity index is 506. The molecule has 1 aromatic heterocycles. The van der Waals surface area contributed by atoms with Gasteiger partial charge in [0.25, 0.3) is 0 Å². The summed E-state index contributed by atoms with van der Waals surface area (Å²) in [5.74, 6) is 1.21. The molecule has 2 aliphatic rings. The molecule has 1 N–H and O–H groups in total. The van der Waals surface area contributed by atoms with Crippen molar-refractivity contribution in [3.05, 3.63) is 17.3 Å². The third-order valence-corrected chi connectivity index (χ3v) is 4.59. The van der Waals surface area contributed by atoms with Crippen LogP contribution in [-0.4, -0.2) is 34.7 Å². The molecule has 1 spiro atoms. The van der Waals surface area contributed by atoms with E-state index >= 15 is 0 Å². The van der Waals surface area contributed by atoms with E-state index < -0.39 is 0 Å². The molecule has 5 nitrogen and oxygen atoms in total. The molecule has 0 bridgehead atoms. The summed E-state index contributed by atoms with van der Waals surface area (Å²) in [5, 5.41) is 11.5. The lowest BCUT2D eigenvalue weighted by Gasteiger charge is -2.40. The number of hydrogen-bond acceptors (Lipinski definition) is 4. The number of hydrogen-bond donors (Lipinski definition) is 1. The van der Waals surface area contributed by atoms with Gasteiger partial charge in [0.2, 0.25) is 5.91 Å². The van der Waals surface area contributed by atoms with Gasteiger partial charge >= 0.3 is 0 Å². The Kier molecular flexibility index (Phi) is 2.92. The fraction of sp³-hybridized carbons (Fsp3) is 0.643. The van der Waals surface area contributed by atoms with Crippen LogP contribution in [0.2, 0.25) is 0 Å². The fourth-order valence-corrected chi connectivity index (χ4v) is 3.11. The average molecular weight is 260 g/mol. The minimum absolute atomic E-state index is 0.0543. The Hall–Kier alpha value is -1.65. The van der Waals surface area contributed by atoms with Gasteiger partial charge < -0.3 is 10.2 Å². The highest BCUT2D eigenvalue weighted by molar-refractivity contribution is 5.79. The maximum Gasteiger partial charge on any atom is 0.220 e. The highest BCUT2D eigenvalue weighted by atomic mass is 16.2. The van der Waals surface area contributed by atoms with Crippen LogP contribution in [0.4, 0.5) is 5.82 Å². The van der Waals surface area contributed by atoms with Crippen LogP contribution in [0.1, 0.15) is 36.8 Å². The van der Waals surface area contributed by atoms with Gasteiger partial charge in [-0.2, -0.15) is 5.10 Å². The molecular weight excluding hydrogens is 240 g/mol. The molecule has 19 heavy (non-hydrogen) atoms. The van der Waals surface area contributed by atoms with Crippen LogP contribution < -0.4 is 10.2 Å². The van der Waals surface area contributed by atoms with Crippen LogP contribution in [0, 0.1) is 13.8 Å². The van der Waals surface area contributed by atoms with Crippen LogP contribution in [0.3, 0.4) is 0 Å². The quantitative estimate of drug-likeness (QED) is 0.828. The molecule has 5 heteroatoms. The van der Waals surface area contributed by atoms with Crippen LogP contribution >= 0.6 is 0 Å². The van der Waals surface area contributed by atoms with Gasteiger partial charge in [-0.25, -0.2) is 0 Å². The van der Waals surface area contributed by atoms with E-state index in [0.29, 0.717) is 6.42 Å². The summed E-state index contributed by atoms with van der Waals surface area (Å²) >= 11 is 0. The van der Waals surface area contributed by atoms with Crippen molar-refractivity contribution in [1.82, 2.24) is 15.5 Å². The van der Waals surface area contributed by atoms with Crippen molar-refractivity contribution in [3.8, 4) is 0 Å². The number of aromatic nitrogens is 2. The summed E-state index contributed by atoms with van der Waals surface area (Å²) in [4.78, 5) is 13.7. The maximum absolute atomic E-state index is 11.4. The summed E-state index contributed by atoms with van der Waals surface area (Å²) in [6.07, 6.45) is 5.49. The van der Waals surface area contributed by atoms with E-state index in [-0.39, 0.29) is 11.4 Å². The van der Waals surface area contributed by atoms with Crippen molar-refractivity contribution in [2.45, 2.75) is 45.1 Å². The molecule has 0 saturated carbocycles. The van der Waals surface area contributed by atoms with Crippen molar-refractivity contribution in [2.24, 2.45) is 0 Å². The first kappa shape index (κ1) is 12.4. The van der Waals surface area contributed by atoms with Gasteiger partial charge in [-0.1, -0.05) is 0 Å². The molecule has 1 aromatic rings. The third-order valence-electron chi connectivity index (χ3n) is 4.59. The van der Waals surface area contributed by atoms with E-state index in [2.05, 4.69) is 34.3 Å². The first-order valence-electron chi connectivity index (χ1n) is 6.94. The van der Waals surface area contributed by atoms with Gasteiger partial charge in [-0.3, -0.25) is 4.79 Å². The number of nitrogens with zero attached hydrogens (tertiary/aromatic N) is 3. The molecule has 0 atom stereocenters. The van der Waals surface area contributed by atoms with Crippen molar-refractivity contribution in [3.63, 3.8) is 0 Å². The molecular formula is C14H20N4O. The summed E-state index contributed by atoms with van der Waals surface area (Å²) in [5.41, 5.74) is 2.44. The Labute approximate surface area is 113 Å². The lowest BCUT2D eigenvalue weighted by Crippen LogP contribution is -2.51. The molecule has 0 radical (unpaired) electrons. The molecule has 3 rings (SSSR count). The fourth-order valence-electron chi connectivity index (χ4n) is 3.11. The van der Waals surface area contributed by atoms with Gasteiger partial charge in [0.05, 0.1) is 6.20 Å². The number of carbonyl (C=O) groups excluding carboxylic acids is 1. The largest absolute Gasteiger partial charge is 0.355 e. The van der Waals surface area contributed by atoms with Crippen LogP contribution in [-0.2, 0) is 4.79 Å². The summed E-state index contributed by atoms with van der Waals surface area (Å²) in [7, 11) is 0.